The predicted octanol–water partition coefficient (Wildman–Crippen LogP) is 2.90. The summed E-state index contributed by atoms with van der Waals surface area (Å²) < 4.78 is 43.3. The van der Waals surface area contributed by atoms with Crippen LogP contribution >= 0.6 is 11.6 Å². The van der Waals surface area contributed by atoms with Gasteiger partial charge in [0.15, 0.2) is 6.61 Å². The van der Waals surface area contributed by atoms with E-state index in [1.807, 2.05) is 10.9 Å². The SMILES string of the molecule is O=C(COc1ccccc1C(F)(F)F)NNC(=O)c1cc(Cl)ccc1O. The number of aromatic hydroxyl groups is 1. The zero-order valence-corrected chi connectivity index (χ0v) is 13.7. The van der Waals surface area contributed by atoms with Crippen molar-refractivity contribution < 1.29 is 32.6 Å². The number of phenolic OH excluding ortho intramolecular Hbond substituents is 1. The summed E-state index contributed by atoms with van der Waals surface area (Å²) in [7, 11) is 0. The van der Waals surface area contributed by atoms with Crippen LogP contribution in [-0.2, 0) is 11.0 Å². The summed E-state index contributed by atoms with van der Waals surface area (Å²) in [6.45, 7) is -0.769. The van der Waals surface area contributed by atoms with Gasteiger partial charge < -0.3 is 9.84 Å². The lowest BCUT2D eigenvalue weighted by Crippen LogP contribution is -2.43. The lowest BCUT2D eigenvalue weighted by atomic mass is 10.2. The molecule has 0 aliphatic rings. The van der Waals surface area contributed by atoms with Crippen LogP contribution in [0.5, 0.6) is 11.5 Å². The number of carbonyl (C=O) groups excluding carboxylic acids is 2. The first-order chi connectivity index (χ1) is 12.2. The molecule has 2 rings (SSSR count). The van der Waals surface area contributed by atoms with Crippen molar-refractivity contribution in [3.63, 3.8) is 0 Å². The number of phenols is 1. The van der Waals surface area contributed by atoms with Gasteiger partial charge in [0, 0.05) is 5.02 Å². The Morgan fingerprint density at radius 3 is 2.50 bits per heavy atom. The van der Waals surface area contributed by atoms with Crippen LogP contribution in [-0.4, -0.2) is 23.5 Å². The minimum atomic E-state index is -4.63. The number of amides is 2. The van der Waals surface area contributed by atoms with E-state index in [4.69, 9.17) is 16.3 Å². The summed E-state index contributed by atoms with van der Waals surface area (Å²) in [5.41, 5.74) is 2.73. The van der Waals surface area contributed by atoms with E-state index in [9.17, 15) is 27.9 Å². The van der Waals surface area contributed by atoms with Gasteiger partial charge in [0.1, 0.15) is 11.5 Å². The van der Waals surface area contributed by atoms with Crippen molar-refractivity contribution in [2.75, 3.05) is 6.61 Å². The molecule has 0 radical (unpaired) electrons. The van der Waals surface area contributed by atoms with Gasteiger partial charge in [0.25, 0.3) is 11.8 Å². The molecule has 138 valence electrons. The van der Waals surface area contributed by atoms with Gasteiger partial charge in [-0.05, 0) is 30.3 Å². The third-order valence-corrected chi connectivity index (χ3v) is 3.30. The van der Waals surface area contributed by atoms with Gasteiger partial charge in [-0.3, -0.25) is 20.4 Å². The number of alkyl halides is 3. The summed E-state index contributed by atoms with van der Waals surface area (Å²) in [6.07, 6.45) is -4.63. The first-order valence-electron chi connectivity index (χ1n) is 7.05. The summed E-state index contributed by atoms with van der Waals surface area (Å²) in [5, 5.41) is 9.75. The average Bonchev–Trinajstić information content (AvgIpc) is 2.59. The third-order valence-electron chi connectivity index (χ3n) is 3.07. The Bertz CT molecular complexity index is 827. The molecule has 0 saturated carbocycles. The molecule has 0 unspecified atom stereocenters. The Balaban J connectivity index is 1.92. The van der Waals surface area contributed by atoms with E-state index < -0.39 is 35.9 Å². The number of nitrogens with one attached hydrogen (secondary N) is 2. The second-order valence-corrected chi connectivity index (χ2v) is 5.38. The largest absolute Gasteiger partial charge is 0.507 e. The second kappa shape index (κ2) is 7.96. The van der Waals surface area contributed by atoms with E-state index >= 15 is 0 Å². The van der Waals surface area contributed by atoms with Crippen LogP contribution in [0.25, 0.3) is 0 Å². The molecule has 26 heavy (non-hydrogen) atoms. The fourth-order valence-corrected chi connectivity index (χ4v) is 2.06. The minimum Gasteiger partial charge on any atom is -0.507 e. The summed E-state index contributed by atoms with van der Waals surface area (Å²) in [6, 6.07) is 8.12. The second-order valence-electron chi connectivity index (χ2n) is 4.95. The molecule has 0 aromatic heterocycles. The van der Waals surface area contributed by atoms with Gasteiger partial charge in [0.2, 0.25) is 0 Å². The molecule has 0 atom stereocenters. The van der Waals surface area contributed by atoms with Gasteiger partial charge >= 0.3 is 6.18 Å². The van der Waals surface area contributed by atoms with Gasteiger partial charge in [-0.25, -0.2) is 0 Å². The molecule has 6 nitrogen and oxygen atoms in total. The van der Waals surface area contributed by atoms with E-state index in [2.05, 4.69) is 0 Å². The molecule has 0 heterocycles. The quantitative estimate of drug-likeness (QED) is 0.703. The standard InChI is InChI=1S/C16H12ClF3N2O4/c17-9-5-6-12(23)10(7-9)15(25)22-21-14(24)8-26-13-4-2-1-3-11(13)16(18,19)20/h1-7,23H,8H2,(H,21,24)(H,22,25). The molecule has 0 aliphatic heterocycles. The minimum absolute atomic E-state index is 0.186. The highest BCUT2D eigenvalue weighted by Gasteiger charge is 2.34. The van der Waals surface area contributed by atoms with Crippen molar-refractivity contribution in [1.82, 2.24) is 10.9 Å². The van der Waals surface area contributed by atoms with E-state index in [0.717, 1.165) is 12.1 Å². The van der Waals surface area contributed by atoms with Crippen molar-refractivity contribution in [3.05, 3.63) is 58.6 Å². The fourth-order valence-electron chi connectivity index (χ4n) is 1.89. The number of halogens is 4. The number of hydrogen-bond donors (Lipinski definition) is 3. The zero-order chi connectivity index (χ0) is 19.3. The molecular formula is C16H12ClF3N2O4. The first kappa shape index (κ1) is 19.4. The highest BCUT2D eigenvalue weighted by Crippen LogP contribution is 2.35. The number of rotatable bonds is 4. The molecule has 0 saturated heterocycles. The normalized spacial score (nSPS) is 10.9. The molecular weight excluding hydrogens is 377 g/mol. The predicted molar refractivity (Wildman–Crippen MR) is 85.7 cm³/mol. The maximum atomic E-state index is 12.8. The Morgan fingerprint density at radius 1 is 1.12 bits per heavy atom. The Labute approximate surface area is 150 Å². The lowest BCUT2D eigenvalue weighted by molar-refractivity contribution is -0.139. The van der Waals surface area contributed by atoms with Crippen molar-refractivity contribution in [2.24, 2.45) is 0 Å². The highest BCUT2D eigenvalue weighted by molar-refractivity contribution is 6.31. The average molecular weight is 389 g/mol. The number of para-hydroxylation sites is 1. The fraction of sp³-hybridized carbons (Fsp3) is 0.125. The van der Waals surface area contributed by atoms with Crippen molar-refractivity contribution in [3.8, 4) is 11.5 Å². The number of ether oxygens (including phenoxy) is 1. The molecule has 0 fully saturated rings. The third kappa shape index (κ3) is 5.03. The van der Waals surface area contributed by atoms with E-state index in [1.165, 1.54) is 30.3 Å². The van der Waals surface area contributed by atoms with Crippen molar-refractivity contribution in [1.29, 1.82) is 0 Å². The van der Waals surface area contributed by atoms with Gasteiger partial charge in [-0.15, -0.1) is 0 Å². The summed E-state index contributed by atoms with van der Waals surface area (Å²) >= 11 is 5.70. The molecule has 2 aromatic rings. The van der Waals surface area contributed by atoms with Gasteiger partial charge in [-0.2, -0.15) is 13.2 Å². The molecule has 0 aliphatic carbocycles. The molecule has 2 aromatic carbocycles. The van der Waals surface area contributed by atoms with Gasteiger partial charge in [0.05, 0.1) is 11.1 Å². The molecule has 0 spiro atoms. The smallest absolute Gasteiger partial charge is 0.419 e. The van der Waals surface area contributed by atoms with E-state index in [1.54, 1.807) is 0 Å². The number of benzene rings is 2. The van der Waals surface area contributed by atoms with Crippen LogP contribution < -0.4 is 15.6 Å². The topological polar surface area (TPSA) is 87.7 Å². The zero-order valence-electron chi connectivity index (χ0n) is 12.9. The number of hydrogen-bond acceptors (Lipinski definition) is 4. The van der Waals surface area contributed by atoms with Crippen LogP contribution in [0.15, 0.2) is 42.5 Å². The molecule has 2 amide bonds. The maximum Gasteiger partial charge on any atom is 0.419 e. The van der Waals surface area contributed by atoms with Crippen molar-refractivity contribution in [2.45, 2.75) is 6.18 Å². The monoisotopic (exact) mass is 388 g/mol. The van der Waals surface area contributed by atoms with E-state index in [0.29, 0.717) is 0 Å². The summed E-state index contributed by atoms with van der Waals surface area (Å²) in [5.74, 6) is -2.66. The number of hydrazine groups is 1. The Kier molecular flexibility index (Phi) is 5.93. The summed E-state index contributed by atoms with van der Waals surface area (Å²) in [4.78, 5) is 23.5. The lowest BCUT2D eigenvalue weighted by Gasteiger charge is -2.14. The van der Waals surface area contributed by atoms with Crippen LogP contribution in [0.2, 0.25) is 5.02 Å². The maximum absolute atomic E-state index is 12.8. The van der Waals surface area contributed by atoms with Crippen LogP contribution in [0.3, 0.4) is 0 Å². The Morgan fingerprint density at radius 2 is 1.81 bits per heavy atom. The molecule has 3 N–H and O–H groups in total. The molecule has 0 bridgehead atoms. The van der Waals surface area contributed by atoms with Crippen LogP contribution in [0, 0.1) is 0 Å². The van der Waals surface area contributed by atoms with Crippen LogP contribution in [0.4, 0.5) is 13.2 Å². The van der Waals surface area contributed by atoms with Crippen LogP contribution in [0.1, 0.15) is 15.9 Å². The number of carbonyl (C=O) groups is 2. The van der Waals surface area contributed by atoms with Gasteiger partial charge in [-0.1, -0.05) is 23.7 Å². The molecule has 10 heteroatoms. The Hall–Kier alpha value is -2.94. The first-order valence-corrected chi connectivity index (χ1v) is 7.43. The highest BCUT2D eigenvalue weighted by atomic mass is 35.5. The van der Waals surface area contributed by atoms with E-state index in [-0.39, 0.29) is 16.3 Å². The van der Waals surface area contributed by atoms with Crippen molar-refractivity contribution >= 4 is 23.4 Å².